The lowest BCUT2D eigenvalue weighted by Crippen LogP contribution is -2.43. The molecule has 0 aliphatic heterocycles. The van der Waals surface area contributed by atoms with E-state index in [-0.39, 0.29) is 34.9 Å². The molecule has 0 bridgehead atoms. The van der Waals surface area contributed by atoms with Gasteiger partial charge in [0, 0.05) is 29.3 Å². The molecule has 1 saturated carbocycles. The number of phenolic OH excluding ortho intramolecular Hbond substituents is 1. The van der Waals surface area contributed by atoms with Crippen LogP contribution in [0.5, 0.6) is 5.75 Å². The Balaban J connectivity index is 1.58. The second-order valence-corrected chi connectivity index (χ2v) is 9.03. The molecule has 0 aromatic heterocycles. The minimum absolute atomic E-state index is 0.0726. The van der Waals surface area contributed by atoms with Gasteiger partial charge in [-0.25, -0.2) is 5.43 Å². The highest BCUT2D eigenvalue weighted by Gasteiger charge is 2.27. The number of benzene rings is 3. The summed E-state index contributed by atoms with van der Waals surface area (Å²) in [4.78, 5) is 27.7. The van der Waals surface area contributed by atoms with E-state index in [0.717, 1.165) is 42.0 Å². The number of halogens is 1. The predicted molar refractivity (Wildman–Crippen MR) is 137 cm³/mol. The number of hydrogen-bond acceptors (Lipinski definition) is 5. The first kappa shape index (κ1) is 24.7. The summed E-state index contributed by atoms with van der Waals surface area (Å²) in [6.45, 7) is 0.241. The molecule has 0 heterocycles. The van der Waals surface area contributed by atoms with E-state index in [1.54, 1.807) is 12.1 Å². The topological polar surface area (TPSA) is 102 Å². The van der Waals surface area contributed by atoms with Crippen molar-refractivity contribution in [3.05, 3.63) is 76.3 Å². The van der Waals surface area contributed by atoms with E-state index in [9.17, 15) is 19.8 Å². The van der Waals surface area contributed by atoms with Crippen LogP contribution in [0.25, 0.3) is 10.8 Å². The van der Waals surface area contributed by atoms with E-state index in [1.165, 1.54) is 30.8 Å². The standard InChI is InChI=1S/C27H28ClN3O4/c28-24-16-18(11-13-25(24)33)26(34)30-29-17-19-10-12-23(22-9-5-4-8-21(19)22)27(35)31(14-15-32)20-6-2-1-3-7-20/h4-5,8-13,16-17,20,32-33H,1-3,6-7,14-15H2,(H,30,34)/b29-17+. The quantitative estimate of drug-likeness (QED) is 0.327. The number of aromatic hydroxyl groups is 1. The highest BCUT2D eigenvalue weighted by atomic mass is 35.5. The Bertz CT molecular complexity index is 1250. The number of phenols is 1. The summed E-state index contributed by atoms with van der Waals surface area (Å²) in [5.74, 6) is -0.650. The molecule has 3 aromatic rings. The maximum atomic E-state index is 13.6. The van der Waals surface area contributed by atoms with Crippen LogP contribution in [0.3, 0.4) is 0 Å². The van der Waals surface area contributed by atoms with Crippen LogP contribution in [-0.2, 0) is 0 Å². The summed E-state index contributed by atoms with van der Waals surface area (Å²) >= 11 is 5.87. The summed E-state index contributed by atoms with van der Waals surface area (Å²) in [7, 11) is 0. The molecule has 2 amide bonds. The Kier molecular flexibility index (Phi) is 8.00. The number of carbonyl (C=O) groups excluding carboxylic acids is 2. The third-order valence-electron chi connectivity index (χ3n) is 6.39. The average molecular weight is 494 g/mol. The molecule has 1 aliphatic rings. The van der Waals surface area contributed by atoms with Gasteiger partial charge in [0.2, 0.25) is 0 Å². The van der Waals surface area contributed by atoms with Crippen LogP contribution in [0.2, 0.25) is 5.02 Å². The van der Waals surface area contributed by atoms with Crippen LogP contribution >= 0.6 is 11.6 Å². The maximum absolute atomic E-state index is 13.6. The third kappa shape index (κ3) is 5.63. The zero-order valence-corrected chi connectivity index (χ0v) is 20.0. The molecule has 0 saturated heterocycles. The largest absolute Gasteiger partial charge is 0.506 e. The van der Waals surface area contributed by atoms with Gasteiger partial charge in [0.15, 0.2) is 0 Å². The highest BCUT2D eigenvalue weighted by Crippen LogP contribution is 2.28. The van der Waals surface area contributed by atoms with Crippen molar-refractivity contribution in [3.8, 4) is 5.75 Å². The molecule has 1 aliphatic carbocycles. The Morgan fingerprint density at radius 2 is 1.80 bits per heavy atom. The van der Waals surface area contributed by atoms with Crippen LogP contribution in [0.1, 0.15) is 58.4 Å². The average Bonchev–Trinajstić information content (AvgIpc) is 2.89. The van der Waals surface area contributed by atoms with Crippen LogP contribution in [0.4, 0.5) is 0 Å². The van der Waals surface area contributed by atoms with E-state index < -0.39 is 5.91 Å². The fraction of sp³-hybridized carbons (Fsp3) is 0.296. The molecule has 0 atom stereocenters. The van der Waals surface area contributed by atoms with Crippen LogP contribution < -0.4 is 5.43 Å². The Labute approximate surface area is 209 Å². The summed E-state index contributed by atoms with van der Waals surface area (Å²) in [5.41, 5.74) is 4.05. The third-order valence-corrected chi connectivity index (χ3v) is 6.69. The lowest BCUT2D eigenvalue weighted by Gasteiger charge is -2.34. The van der Waals surface area contributed by atoms with Crippen molar-refractivity contribution >= 4 is 40.4 Å². The van der Waals surface area contributed by atoms with Crippen LogP contribution in [-0.4, -0.2) is 52.3 Å². The van der Waals surface area contributed by atoms with E-state index in [4.69, 9.17) is 11.6 Å². The second kappa shape index (κ2) is 11.3. The van der Waals surface area contributed by atoms with Crippen molar-refractivity contribution in [1.82, 2.24) is 10.3 Å². The monoisotopic (exact) mass is 493 g/mol. The van der Waals surface area contributed by atoms with Gasteiger partial charge >= 0.3 is 0 Å². The minimum atomic E-state index is -0.466. The maximum Gasteiger partial charge on any atom is 0.271 e. The minimum Gasteiger partial charge on any atom is -0.506 e. The van der Waals surface area contributed by atoms with Crippen molar-refractivity contribution in [1.29, 1.82) is 0 Å². The number of nitrogens with one attached hydrogen (secondary N) is 1. The smallest absolute Gasteiger partial charge is 0.271 e. The lowest BCUT2D eigenvalue weighted by molar-refractivity contribution is 0.0587. The molecule has 0 unspecified atom stereocenters. The summed E-state index contributed by atoms with van der Waals surface area (Å²) < 4.78 is 0. The molecule has 0 radical (unpaired) electrons. The predicted octanol–water partition coefficient (Wildman–Crippen LogP) is 4.73. The van der Waals surface area contributed by atoms with Gasteiger partial charge in [-0.2, -0.15) is 5.10 Å². The Morgan fingerprint density at radius 1 is 1.06 bits per heavy atom. The van der Waals surface area contributed by atoms with Crippen molar-refractivity contribution in [2.45, 2.75) is 38.1 Å². The summed E-state index contributed by atoms with van der Waals surface area (Å²) in [5, 5.41) is 24.9. The molecule has 1 fully saturated rings. The second-order valence-electron chi connectivity index (χ2n) is 8.63. The number of rotatable bonds is 7. The zero-order valence-electron chi connectivity index (χ0n) is 19.3. The fourth-order valence-electron chi connectivity index (χ4n) is 4.60. The van der Waals surface area contributed by atoms with Crippen molar-refractivity contribution < 1.29 is 19.8 Å². The molecule has 7 nitrogen and oxygen atoms in total. The number of amides is 2. The first-order valence-electron chi connectivity index (χ1n) is 11.7. The van der Waals surface area contributed by atoms with Gasteiger partial charge in [-0.1, -0.05) is 61.2 Å². The van der Waals surface area contributed by atoms with Crippen molar-refractivity contribution in [2.24, 2.45) is 5.10 Å². The molecule has 35 heavy (non-hydrogen) atoms. The molecular formula is C27H28ClN3O4. The number of aliphatic hydroxyl groups excluding tert-OH is 1. The first-order valence-corrected chi connectivity index (χ1v) is 12.1. The number of fused-ring (bicyclic) bond motifs is 1. The number of carbonyl (C=O) groups is 2. The lowest BCUT2D eigenvalue weighted by atomic mass is 9.93. The molecule has 4 rings (SSSR count). The van der Waals surface area contributed by atoms with Gasteiger partial charge in [0.05, 0.1) is 17.8 Å². The number of hydrazone groups is 1. The molecule has 182 valence electrons. The Hall–Kier alpha value is -3.42. The molecule has 3 aromatic carbocycles. The summed E-state index contributed by atoms with van der Waals surface area (Å²) in [6, 6.07) is 15.5. The Morgan fingerprint density at radius 3 is 2.51 bits per heavy atom. The van der Waals surface area contributed by atoms with Gasteiger partial charge in [-0.3, -0.25) is 9.59 Å². The van der Waals surface area contributed by atoms with Crippen LogP contribution in [0.15, 0.2) is 59.7 Å². The highest BCUT2D eigenvalue weighted by molar-refractivity contribution is 6.32. The van der Waals surface area contributed by atoms with Gasteiger partial charge in [-0.05, 0) is 47.9 Å². The van der Waals surface area contributed by atoms with Crippen LogP contribution in [0, 0.1) is 0 Å². The normalized spacial score (nSPS) is 14.3. The van der Waals surface area contributed by atoms with Gasteiger partial charge in [0.25, 0.3) is 11.8 Å². The van der Waals surface area contributed by atoms with Gasteiger partial charge < -0.3 is 15.1 Å². The van der Waals surface area contributed by atoms with Gasteiger partial charge in [0.1, 0.15) is 5.75 Å². The molecule has 8 heteroatoms. The fourth-order valence-corrected chi connectivity index (χ4v) is 4.78. The van der Waals surface area contributed by atoms with Crippen molar-refractivity contribution in [3.63, 3.8) is 0 Å². The van der Waals surface area contributed by atoms with E-state index in [2.05, 4.69) is 10.5 Å². The first-order chi connectivity index (χ1) is 17.0. The van der Waals surface area contributed by atoms with E-state index >= 15 is 0 Å². The zero-order chi connectivity index (χ0) is 24.8. The van der Waals surface area contributed by atoms with Crippen molar-refractivity contribution in [2.75, 3.05) is 13.2 Å². The number of aliphatic hydroxyl groups is 1. The number of hydrogen-bond donors (Lipinski definition) is 3. The molecular weight excluding hydrogens is 466 g/mol. The molecule has 0 spiro atoms. The van der Waals surface area contributed by atoms with E-state index in [1.807, 2.05) is 29.2 Å². The number of nitrogens with zero attached hydrogens (tertiary/aromatic N) is 2. The van der Waals surface area contributed by atoms with E-state index in [0.29, 0.717) is 12.1 Å². The molecule has 3 N–H and O–H groups in total. The summed E-state index contributed by atoms with van der Waals surface area (Å²) in [6.07, 6.45) is 6.82. The van der Waals surface area contributed by atoms with Gasteiger partial charge in [-0.15, -0.1) is 0 Å². The SMILES string of the molecule is O=C(N/N=C/c1ccc(C(=O)N(CCO)C2CCCCC2)c2ccccc12)c1ccc(O)c(Cl)c1.